The molecule has 2 rings (SSSR count). The molecule has 0 atom stereocenters. The van der Waals surface area contributed by atoms with Crippen molar-refractivity contribution in [1.82, 2.24) is 15.0 Å². The molecule has 0 spiro atoms. The molecule has 6 heteroatoms. The first-order valence-corrected chi connectivity index (χ1v) is 4.38. The maximum absolute atomic E-state index is 10.6. The van der Waals surface area contributed by atoms with Gasteiger partial charge >= 0.3 is 5.97 Å². The van der Waals surface area contributed by atoms with E-state index in [4.69, 9.17) is 16.7 Å². The van der Waals surface area contributed by atoms with E-state index in [1.54, 1.807) is 18.2 Å². The maximum Gasteiger partial charge on any atom is 0.358 e. The van der Waals surface area contributed by atoms with Crippen LogP contribution in [-0.4, -0.2) is 26.1 Å². The minimum atomic E-state index is -1.12. The fourth-order valence-electron chi connectivity index (χ4n) is 1.02. The summed E-state index contributed by atoms with van der Waals surface area (Å²) in [6.45, 7) is 0. The second-order valence-electron chi connectivity index (χ2n) is 2.75. The van der Waals surface area contributed by atoms with Gasteiger partial charge in [0.15, 0.2) is 5.69 Å². The molecule has 0 aliphatic carbocycles. The summed E-state index contributed by atoms with van der Waals surface area (Å²) in [7, 11) is 0. The van der Waals surface area contributed by atoms with Gasteiger partial charge in [-0.3, -0.25) is 0 Å². The average Bonchev–Trinajstić information content (AvgIpc) is 2.68. The Morgan fingerprint density at radius 2 is 2.33 bits per heavy atom. The van der Waals surface area contributed by atoms with Crippen molar-refractivity contribution < 1.29 is 9.90 Å². The zero-order chi connectivity index (χ0) is 10.8. The zero-order valence-electron chi connectivity index (χ0n) is 7.38. The molecule has 0 aliphatic rings. The molecule has 5 nitrogen and oxygen atoms in total. The summed E-state index contributed by atoms with van der Waals surface area (Å²) in [6, 6.07) is 7.74. The van der Waals surface area contributed by atoms with Crippen LogP contribution in [-0.2, 0) is 0 Å². The van der Waals surface area contributed by atoms with Crippen LogP contribution in [0.15, 0.2) is 24.4 Å². The van der Waals surface area contributed by atoms with Gasteiger partial charge in [0.05, 0.1) is 11.9 Å². The quantitative estimate of drug-likeness (QED) is 0.835. The lowest BCUT2D eigenvalue weighted by Gasteiger charge is -1.97. The fraction of sp³-hybridized carbons (Fsp3) is 0. The predicted octanol–water partition coefficient (Wildman–Crippen LogP) is 1.42. The second kappa shape index (κ2) is 3.70. The highest BCUT2D eigenvalue weighted by Crippen LogP contribution is 2.11. The van der Waals surface area contributed by atoms with Crippen LogP contribution >= 0.6 is 11.6 Å². The van der Waals surface area contributed by atoms with Crippen molar-refractivity contribution in [3.05, 3.63) is 41.2 Å². The van der Waals surface area contributed by atoms with Gasteiger partial charge in [-0.05, 0) is 18.2 Å². The highest BCUT2D eigenvalue weighted by molar-refractivity contribution is 6.30. The molecule has 2 aromatic rings. The first kappa shape index (κ1) is 9.67. The van der Waals surface area contributed by atoms with E-state index in [2.05, 4.69) is 16.4 Å². The number of benzene rings is 1. The number of carbonyl (C=O) groups is 1. The van der Waals surface area contributed by atoms with Crippen molar-refractivity contribution in [1.29, 1.82) is 0 Å². The molecule has 1 aromatic heterocycles. The number of aromatic nitrogens is 3. The van der Waals surface area contributed by atoms with Crippen LogP contribution in [0, 0.1) is 6.07 Å². The van der Waals surface area contributed by atoms with Crippen LogP contribution in [0.25, 0.3) is 5.69 Å². The zero-order valence-corrected chi connectivity index (χ0v) is 8.14. The van der Waals surface area contributed by atoms with E-state index in [1.807, 2.05) is 0 Å². The highest BCUT2D eigenvalue weighted by atomic mass is 35.5. The number of aromatic carboxylic acids is 1. The Bertz CT molecular complexity index is 492. The monoisotopic (exact) mass is 222 g/mol. The Morgan fingerprint density at radius 1 is 1.53 bits per heavy atom. The highest BCUT2D eigenvalue weighted by Gasteiger charge is 2.08. The molecule has 15 heavy (non-hydrogen) atoms. The molecule has 75 valence electrons. The molecule has 0 unspecified atom stereocenters. The Balaban J connectivity index is 2.37. The predicted molar refractivity (Wildman–Crippen MR) is 52.2 cm³/mol. The topological polar surface area (TPSA) is 68.0 Å². The number of hydrogen-bond acceptors (Lipinski definition) is 3. The van der Waals surface area contributed by atoms with Crippen LogP contribution in [0.3, 0.4) is 0 Å². The molecule has 1 radical (unpaired) electrons. The normalized spacial score (nSPS) is 10.2. The largest absolute Gasteiger partial charge is 0.476 e. The SMILES string of the molecule is O=C(O)c1cn(-c2[c]cc(Cl)cc2)nn1. The summed E-state index contributed by atoms with van der Waals surface area (Å²) < 4.78 is 1.32. The van der Waals surface area contributed by atoms with Crippen molar-refractivity contribution in [3.63, 3.8) is 0 Å². The Kier molecular flexibility index (Phi) is 2.39. The molecular formula is C9H5ClN3O2. The van der Waals surface area contributed by atoms with E-state index in [-0.39, 0.29) is 5.69 Å². The molecule has 0 amide bonds. The van der Waals surface area contributed by atoms with Crippen LogP contribution < -0.4 is 0 Å². The lowest BCUT2D eigenvalue weighted by Crippen LogP contribution is -1.95. The number of nitrogens with zero attached hydrogens (tertiary/aromatic N) is 3. The lowest BCUT2D eigenvalue weighted by atomic mass is 10.3. The number of hydrogen-bond donors (Lipinski definition) is 1. The van der Waals surface area contributed by atoms with Gasteiger partial charge in [0, 0.05) is 11.1 Å². The average molecular weight is 223 g/mol. The summed E-state index contributed by atoms with van der Waals surface area (Å²) in [5, 5.41) is 16.3. The maximum atomic E-state index is 10.6. The molecule has 1 heterocycles. The van der Waals surface area contributed by atoms with E-state index in [1.165, 1.54) is 10.9 Å². The van der Waals surface area contributed by atoms with Crippen molar-refractivity contribution in [2.45, 2.75) is 0 Å². The molecular weight excluding hydrogens is 218 g/mol. The van der Waals surface area contributed by atoms with E-state index in [0.29, 0.717) is 10.7 Å². The number of halogens is 1. The van der Waals surface area contributed by atoms with Crippen LogP contribution in [0.5, 0.6) is 0 Å². The van der Waals surface area contributed by atoms with Crippen LogP contribution in [0.4, 0.5) is 0 Å². The van der Waals surface area contributed by atoms with Gasteiger partial charge in [0.2, 0.25) is 0 Å². The number of carboxylic acid groups (broad SMARTS) is 1. The Morgan fingerprint density at radius 3 is 2.87 bits per heavy atom. The third kappa shape index (κ3) is 1.97. The van der Waals surface area contributed by atoms with E-state index >= 15 is 0 Å². The van der Waals surface area contributed by atoms with Crippen LogP contribution in [0.2, 0.25) is 5.02 Å². The summed E-state index contributed by atoms with van der Waals surface area (Å²) >= 11 is 5.68. The minimum absolute atomic E-state index is 0.113. The molecule has 0 aliphatic heterocycles. The lowest BCUT2D eigenvalue weighted by molar-refractivity contribution is 0.0690. The van der Waals surface area contributed by atoms with Gasteiger partial charge in [-0.1, -0.05) is 16.8 Å². The Labute approximate surface area is 89.9 Å². The van der Waals surface area contributed by atoms with Gasteiger partial charge in [-0.25, -0.2) is 9.48 Å². The van der Waals surface area contributed by atoms with Gasteiger partial charge in [0.25, 0.3) is 0 Å². The summed E-state index contributed by atoms with van der Waals surface area (Å²) in [5.41, 5.74) is 0.470. The first-order chi connectivity index (χ1) is 7.16. The van der Waals surface area contributed by atoms with Gasteiger partial charge in [0.1, 0.15) is 0 Å². The van der Waals surface area contributed by atoms with E-state index in [0.717, 1.165) is 0 Å². The standard InChI is InChI=1S/C9H5ClN3O2/c10-6-1-3-7(4-2-6)13-5-8(9(14)15)11-12-13/h1-3,5H,(H,14,15). The van der Waals surface area contributed by atoms with E-state index < -0.39 is 5.97 Å². The number of rotatable bonds is 2. The molecule has 0 bridgehead atoms. The molecule has 0 saturated carbocycles. The first-order valence-electron chi connectivity index (χ1n) is 4.00. The van der Waals surface area contributed by atoms with Crippen molar-refractivity contribution in [2.75, 3.05) is 0 Å². The van der Waals surface area contributed by atoms with Gasteiger partial charge in [-0.15, -0.1) is 5.10 Å². The smallest absolute Gasteiger partial charge is 0.358 e. The van der Waals surface area contributed by atoms with Crippen molar-refractivity contribution in [3.8, 4) is 5.69 Å². The van der Waals surface area contributed by atoms with Gasteiger partial charge in [-0.2, -0.15) is 0 Å². The third-order valence-corrected chi connectivity index (χ3v) is 1.95. The third-order valence-electron chi connectivity index (χ3n) is 1.72. The van der Waals surface area contributed by atoms with Crippen molar-refractivity contribution >= 4 is 17.6 Å². The summed E-state index contributed by atoms with van der Waals surface area (Å²) in [5.74, 6) is -1.12. The molecule has 1 N–H and O–H groups in total. The number of carboxylic acids is 1. The van der Waals surface area contributed by atoms with Gasteiger partial charge < -0.3 is 5.11 Å². The molecule has 1 aromatic carbocycles. The summed E-state index contributed by atoms with van der Waals surface area (Å²) in [4.78, 5) is 10.6. The molecule has 0 saturated heterocycles. The van der Waals surface area contributed by atoms with Crippen LogP contribution in [0.1, 0.15) is 10.5 Å². The molecule has 0 fully saturated rings. The van der Waals surface area contributed by atoms with Crippen molar-refractivity contribution in [2.24, 2.45) is 0 Å². The minimum Gasteiger partial charge on any atom is -0.476 e. The Hall–Kier alpha value is -1.88. The summed E-state index contributed by atoms with van der Waals surface area (Å²) in [6.07, 6.45) is 1.31. The fourth-order valence-corrected chi connectivity index (χ4v) is 1.14. The van der Waals surface area contributed by atoms with E-state index in [9.17, 15) is 4.79 Å². The second-order valence-corrected chi connectivity index (χ2v) is 3.18.